The van der Waals surface area contributed by atoms with Crippen LogP contribution >= 0.6 is 0 Å². The topological polar surface area (TPSA) is 32.7 Å². The Morgan fingerprint density at radius 2 is 1.95 bits per heavy atom. The van der Waals surface area contributed by atoms with Crippen LogP contribution in [0.15, 0.2) is 0 Å². The van der Waals surface area contributed by atoms with Crippen LogP contribution in [-0.4, -0.2) is 49.5 Å². The van der Waals surface area contributed by atoms with Crippen LogP contribution < -0.4 is 0 Å². The van der Waals surface area contributed by atoms with Crippen molar-refractivity contribution < 1.29 is 9.84 Å². The predicted molar refractivity (Wildman–Crippen MR) is 78.2 cm³/mol. The van der Waals surface area contributed by atoms with Gasteiger partial charge in [-0.2, -0.15) is 0 Å². The average molecular weight is 269 g/mol. The molecule has 0 amide bonds. The molecule has 0 bridgehead atoms. The zero-order chi connectivity index (χ0) is 13.7. The summed E-state index contributed by atoms with van der Waals surface area (Å²) in [6.07, 6.45) is 6.07. The first-order valence-electron chi connectivity index (χ1n) is 8.06. The van der Waals surface area contributed by atoms with Crippen LogP contribution in [0.2, 0.25) is 0 Å². The molecule has 112 valence electrons. The van der Waals surface area contributed by atoms with Crippen molar-refractivity contribution in [2.75, 3.05) is 39.5 Å². The molecule has 0 radical (unpaired) electrons. The highest BCUT2D eigenvalue weighted by molar-refractivity contribution is 4.86. The summed E-state index contributed by atoms with van der Waals surface area (Å²) in [7, 11) is 0. The Morgan fingerprint density at radius 1 is 1.21 bits per heavy atom. The van der Waals surface area contributed by atoms with Gasteiger partial charge in [-0.15, -0.1) is 0 Å². The molecule has 3 nitrogen and oxygen atoms in total. The van der Waals surface area contributed by atoms with Gasteiger partial charge in [0.1, 0.15) is 0 Å². The normalized spacial score (nSPS) is 29.4. The van der Waals surface area contributed by atoms with E-state index in [1.165, 1.54) is 32.4 Å². The standard InChI is InChI=1S/C16H31NO2/c1-14(2)15-4-3-8-17(9-5-15)12-16(13-18)6-10-19-11-7-16/h14-15,18H,3-13H2,1-2H3. The third-order valence-corrected chi connectivity index (χ3v) is 5.26. The van der Waals surface area contributed by atoms with Crippen molar-refractivity contribution in [3.8, 4) is 0 Å². The lowest BCUT2D eigenvalue weighted by Gasteiger charge is -2.39. The maximum atomic E-state index is 9.80. The molecule has 19 heavy (non-hydrogen) atoms. The van der Waals surface area contributed by atoms with Gasteiger partial charge in [0.25, 0.3) is 0 Å². The molecule has 0 spiro atoms. The Bertz CT molecular complexity index is 261. The van der Waals surface area contributed by atoms with Crippen LogP contribution in [0.4, 0.5) is 0 Å². The fourth-order valence-corrected chi connectivity index (χ4v) is 3.65. The fourth-order valence-electron chi connectivity index (χ4n) is 3.65. The minimum absolute atomic E-state index is 0.107. The predicted octanol–water partition coefficient (Wildman–Crippen LogP) is 2.53. The lowest BCUT2D eigenvalue weighted by atomic mass is 9.80. The number of ether oxygens (including phenoxy) is 1. The average Bonchev–Trinajstić information content (AvgIpc) is 2.65. The molecule has 2 saturated heterocycles. The number of nitrogens with zero attached hydrogens (tertiary/aromatic N) is 1. The Balaban J connectivity index is 1.87. The Labute approximate surface area is 118 Å². The number of aliphatic hydroxyl groups is 1. The van der Waals surface area contributed by atoms with Crippen LogP contribution in [0, 0.1) is 17.3 Å². The van der Waals surface area contributed by atoms with Crippen molar-refractivity contribution in [2.24, 2.45) is 17.3 Å². The summed E-state index contributed by atoms with van der Waals surface area (Å²) in [5, 5.41) is 9.80. The molecule has 1 atom stereocenters. The second kappa shape index (κ2) is 7.05. The van der Waals surface area contributed by atoms with E-state index in [1.807, 2.05) is 0 Å². The van der Waals surface area contributed by atoms with Crippen molar-refractivity contribution in [3.63, 3.8) is 0 Å². The van der Waals surface area contributed by atoms with Crippen molar-refractivity contribution >= 4 is 0 Å². The molecule has 2 aliphatic heterocycles. The van der Waals surface area contributed by atoms with Crippen LogP contribution in [0.5, 0.6) is 0 Å². The highest BCUT2D eigenvalue weighted by Gasteiger charge is 2.34. The van der Waals surface area contributed by atoms with Gasteiger partial charge in [-0.1, -0.05) is 13.8 Å². The molecule has 1 unspecified atom stereocenters. The SMILES string of the molecule is CC(C)C1CCCN(CC2(CO)CCOCC2)CC1. The molecule has 2 aliphatic rings. The van der Waals surface area contributed by atoms with E-state index < -0.39 is 0 Å². The number of hydrogen-bond acceptors (Lipinski definition) is 3. The second-order valence-corrected chi connectivity index (χ2v) is 6.98. The highest BCUT2D eigenvalue weighted by atomic mass is 16.5. The summed E-state index contributed by atoms with van der Waals surface area (Å²) >= 11 is 0. The maximum Gasteiger partial charge on any atom is 0.0501 e. The number of aliphatic hydroxyl groups excluding tert-OH is 1. The van der Waals surface area contributed by atoms with Gasteiger partial charge in [0.05, 0.1) is 6.61 Å². The van der Waals surface area contributed by atoms with E-state index >= 15 is 0 Å². The van der Waals surface area contributed by atoms with Crippen LogP contribution in [-0.2, 0) is 4.74 Å². The third-order valence-electron chi connectivity index (χ3n) is 5.26. The Hall–Kier alpha value is -0.120. The van der Waals surface area contributed by atoms with Gasteiger partial charge in [0, 0.05) is 25.2 Å². The molecule has 0 aromatic rings. The summed E-state index contributed by atoms with van der Waals surface area (Å²) in [4.78, 5) is 2.60. The molecule has 2 fully saturated rings. The zero-order valence-corrected chi connectivity index (χ0v) is 12.7. The van der Waals surface area contributed by atoms with E-state index in [-0.39, 0.29) is 5.41 Å². The Morgan fingerprint density at radius 3 is 2.58 bits per heavy atom. The third kappa shape index (κ3) is 4.17. The van der Waals surface area contributed by atoms with E-state index in [0.717, 1.165) is 44.4 Å². The molecular formula is C16H31NO2. The van der Waals surface area contributed by atoms with Gasteiger partial charge in [-0.3, -0.25) is 0 Å². The summed E-state index contributed by atoms with van der Waals surface area (Å²) in [5.41, 5.74) is 0.107. The summed E-state index contributed by atoms with van der Waals surface area (Å²) < 4.78 is 5.46. The van der Waals surface area contributed by atoms with Crippen LogP contribution in [0.25, 0.3) is 0 Å². The van der Waals surface area contributed by atoms with E-state index in [9.17, 15) is 5.11 Å². The first kappa shape index (κ1) is 15.3. The van der Waals surface area contributed by atoms with Crippen molar-refractivity contribution in [1.29, 1.82) is 0 Å². The lowest BCUT2D eigenvalue weighted by molar-refractivity contribution is -0.0339. The Kier molecular flexibility index (Phi) is 5.67. The van der Waals surface area contributed by atoms with E-state index in [1.54, 1.807) is 0 Å². The molecule has 0 saturated carbocycles. The summed E-state index contributed by atoms with van der Waals surface area (Å²) in [6, 6.07) is 0. The first-order valence-corrected chi connectivity index (χ1v) is 8.06. The van der Waals surface area contributed by atoms with Gasteiger partial charge in [-0.05, 0) is 57.0 Å². The van der Waals surface area contributed by atoms with Gasteiger partial charge in [0.2, 0.25) is 0 Å². The van der Waals surface area contributed by atoms with Gasteiger partial charge in [0.15, 0.2) is 0 Å². The van der Waals surface area contributed by atoms with Gasteiger partial charge >= 0.3 is 0 Å². The number of likely N-dealkylation sites (tertiary alicyclic amines) is 1. The molecule has 2 heterocycles. The van der Waals surface area contributed by atoms with Crippen molar-refractivity contribution in [3.05, 3.63) is 0 Å². The molecule has 3 heteroatoms. The molecule has 0 aromatic carbocycles. The minimum Gasteiger partial charge on any atom is -0.396 e. The van der Waals surface area contributed by atoms with Crippen LogP contribution in [0.3, 0.4) is 0 Å². The number of hydrogen-bond donors (Lipinski definition) is 1. The van der Waals surface area contributed by atoms with Gasteiger partial charge < -0.3 is 14.7 Å². The maximum absolute atomic E-state index is 9.80. The lowest BCUT2D eigenvalue weighted by Crippen LogP contribution is -2.44. The largest absolute Gasteiger partial charge is 0.396 e. The van der Waals surface area contributed by atoms with E-state index in [2.05, 4.69) is 18.7 Å². The molecule has 0 aliphatic carbocycles. The van der Waals surface area contributed by atoms with E-state index in [4.69, 9.17) is 4.74 Å². The fraction of sp³-hybridized carbons (Fsp3) is 1.00. The monoisotopic (exact) mass is 269 g/mol. The second-order valence-electron chi connectivity index (χ2n) is 6.98. The first-order chi connectivity index (χ1) is 9.15. The van der Waals surface area contributed by atoms with Crippen molar-refractivity contribution in [1.82, 2.24) is 4.90 Å². The molecule has 1 N–H and O–H groups in total. The molecular weight excluding hydrogens is 238 g/mol. The number of rotatable bonds is 4. The zero-order valence-electron chi connectivity index (χ0n) is 12.7. The van der Waals surface area contributed by atoms with E-state index in [0.29, 0.717) is 6.61 Å². The molecule has 2 rings (SSSR count). The smallest absolute Gasteiger partial charge is 0.0501 e. The minimum atomic E-state index is 0.107. The molecule has 0 aromatic heterocycles. The van der Waals surface area contributed by atoms with Crippen LogP contribution in [0.1, 0.15) is 46.0 Å². The highest BCUT2D eigenvalue weighted by Crippen LogP contribution is 2.32. The van der Waals surface area contributed by atoms with Gasteiger partial charge in [-0.25, -0.2) is 0 Å². The van der Waals surface area contributed by atoms with Crippen molar-refractivity contribution in [2.45, 2.75) is 46.0 Å². The summed E-state index contributed by atoms with van der Waals surface area (Å²) in [5.74, 6) is 1.71. The quantitative estimate of drug-likeness (QED) is 0.851. The summed E-state index contributed by atoms with van der Waals surface area (Å²) in [6.45, 7) is 10.2.